The second-order valence-corrected chi connectivity index (χ2v) is 3.56. The summed E-state index contributed by atoms with van der Waals surface area (Å²) >= 11 is 0. The van der Waals surface area contributed by atoms with Crippen molar-refractivity contribution in [2.75, 3.05) is 0 Å². The van der Waals surface area contributed by atoms with Crippen LogP contribution in [0.4, 0.5) is 0 Å². The van der Waals surface area contributed by atoms with E-state index in [4.69, 9.17) is 0 Å². The molecular formula is C9H10Cl3FeO3. The maximum atomic E-state index is 11.2. The molecule has 0 spiro atoms. The molecule has 0 aliphatic heterocycles. The molecule has 0 saturated heterocycles. The van der Waals surface area contributed by atoms with Crippen LogP contribution in [0.5, 0.6) is 0 Å². The minimum absolute atomic E-state index is 0. The first-order valence-corrected chi connectivity index (χ1v) is 4.34. The molecule has 0 aromatic carbocycles. The number of fused-ring (bicyclic) bond motifs is 1. The number of Topliss-reactive ketones (excluding diaryl/α,β-unsaturated/α-hetero) is 3. The molecule has 2 saturated carbocycles. The molecule has 0 N–H and O–H groups in total. The van der Waals surface area contributed by atoms with Crippen LogP contribution in [-0.4, -0.2) is 17.3 Å². The van der Waals surface area contributed by atoms with Crippen molar-refractivity contribution in [2.45, 2.75) is 25.7 Å². The Balaban J connectivity index is -0.000000422. The van der Waals surface area contributed by atoms with Gasteiger partial charge in [-0.1, -0.05) is 12.8 Å². The van der Waals surface area contributed by atoms with Crippen molar-refractivity contribution in [1.29, 1.82) is 0 Å². The van der Waals surface area contributed by atoms with Crippen molar-refractivity contribution < 1.29 is 68.7 Å². The van der Waals surface area contributed by atoms with E-state index in [2.05, 4.69) is 0 Å². The number of ketones is 3. The Morgan fingerprint density at radius 3 is 1.38 bits per heavy atom. The molecule has 16 heavy (non-hydrogen) atoms. The maximum Gasteiger partial charge on any atom is 3.00 e. The van der Waals surface area contributed by atoms with Crippen LogP contribution < -0.4 is 37.2 Å². The van der Waals surface area contributed by atoms with E-state index in [-0.39, 0.29) is 66.1 Å². The summed E-state index contributed by atoms with van der Waals surface area (Å²) in [6, 6.07) is 0. The first-order chi connectivity index (χ1) is 5.72. The quantitative estimate of drug-likeness (QED) is 0.328. The van der Waals surface area contributed by atoms with Crippen LogP contribution in [0.15, 0.2) is 0 Å². The van der Waals surface area contributed by atoms with E-state index in [0.717, 1.165) is 25.7 Å². The molecule has 0 bridgehead atoms. The molecule has 2 aliphatic carbocycles. The van der Waals surface area contributed by atoms with Crippen LogP contribution in [-0.2, 0) is 31.5 Å². The summed E-state index contributed by atoms with van der Waals surface area (Å²) in [5.74, 6) is -2.10. The molecule has 2 atom stereocenters. The number of rotatable bonds is 0. The van der Waals surface area contributed by atoms with Gasteiger partial charge in [-0.3, -0.25) is 14.4 Å². The van der Waals surface area contributed by atoms with E-state index in [1.54, 1.807) is 0 Å². The van der Waals surface area contributed by atoms with Crippen LogP contribution in [0, 0.1) is 11.8 Å². The molecule has 2 aliphatic rings. The fraction of sp³-hybridized carbons (Fsp3) is 0.667. The summed E-state index contributed by atoms with van der Waals surface area (Å²) in [4.78, 5) is 33.3. The molecule has 0 aromatic rings. The summed E-state index contributed by atoms with van der Waals surface area (Å²) in [6.07, 6.45) is 3.43. The van der Waals surface area contributed by atoms with Gasteiger partial charge < -0.3 is 37.2 Å². The van der Waals surface area contributed by atoms with E-state index in [0.29, 0.717) is 0 Å². The predicted octanol–water partition coefficient (Wildman–Crippen LogP) is -8.48. The molecule has 7 heteroatoms. The Hall–Kier alpha value is 0.399. The van der Waals surface area contributed by atoms with Crippen molar-refractivity contribution in [3.63, 3.8) is 0 Å². The van der Waals surface area contributed by atoms with Gasteiger partial charge in [0.2, 0.25) is 11.6 Å². The molecule has 1 radical (unpaired) electrons. The minimum Gasteiger partial charge on any atom is -1.00 e. The molecule has 2 unspecified atom stereocenters. The van der Waals surface area contributed by atoms with Crippen molar-refractivity contribution in [3.8, 4) is 0 Å². The average molecular weight is 328 g/mol. The van der Waals surface area contributed by atoms with Crippen molar-refractivity contribution in [1.82, 2.24) is 0 Å². The normalized spacial score (nSPS) is 26.6. The van der Waals surface area contributed by atoms with E-state index in [1.807, 2.05) is 0 Å². The number of hydrogen-bond donors (Lipinski definition) is 0. The van der Waals surface area contributed by atoms with Crippen molar-refractivity contribution in [3.05, 3.63) is 0 Å². The Labute approximate surface area is 123 Å². The molecule has 0 aromatic heterocycles. The van der Waals surface area contributed by atoms with Gasteiger partial charge in [0.15, 0.2) is 0 Å². The monoisotopic (exact) mass is 327 g/mol. The van der Waals surface area contributed by atoms with Crippen LogP contribution >= 0.6 is 0 Å². The summed E-state index contributed by atoms with van der Waals surface area (Å²) in [5, 5.41) is 0. The molecule has 93 valence electrons. The van der Waals surface area contributed by atoms with Gasteiger partial charge in [-0.25, -0.2) is 0 Å². The molecule has 0 heterocycles. The second kappa shape index (κ2) is 8.48. The largest absolute Gasteiger partial charge is 3.00 e. The zero-order valence-electron chi connectivity index (χ0n) is 8.20. The van der Waals surface area contributed by atoms with Crippen LogP contribution in [0.3, 0.4) is 0 Å². The van der Waals surface area contributed by atoms with E-state index >= 15 is 0 Å². The van der Waals surface area contributed by atoms with Gasteiger partial charge in [-0.15, -0.1) is 0 Å². The number of carbonyl (C=O) groups excluding carboxylic acids is 3. The molecular weight excluding hydrogens is 318 g/mol. The second-order valence-electron chi connectivity index (χ2n) is 3.56. The van der Waals surface area contributed by atoms with E-state index < -0.39 is 17.3 Å². The van der Waals surface area contributed by atoms with Gasteiger partial charge in [-0.05, 0) is 12.8 Å². The third kappa shape index (κ3) is 3.44. The first-order valence-electron chi connectivity index (χ1n) is 4.34. The first kappa shape index (κ1) is 21.7. The summed E-state index contributed by atoms with van der Waals surface area (Å²) in [7, 11) is 0. The molecule has 2 rings (SSSR count). The van der Waals surface area contributed by atoms with E-state index in [1.165, 1.54) is 0 Å². The topological polar surface area (TPSA) is 51.2 Å². The summed E-state index contributed by atoms with van der Waals surface area (Å²) < 4.78 is 0. The van der Waals surface area contributed by atoms with Gasteiger partial charge >= 0.3 is 17.1 Å². The third-order valence-electron chi connectivity index (χ3n) is 2.89. The van der Waals surface area contributed by atoms with Gasteiger partial charge in [0.25, 0.3) is 5.78 Å². The minimum atomic E-state index is -0.744. The maximum absolute atomic E-state index is 11.2. The summed E-state index contributed by atoms with van der Waals surface area (Å²) in [6.45, 7) is 0. The number of carbonyl (C=O) groups is 3. The fourth-order valence-corrected chi connectivity index (χ4v) is 2.22. The third-order valence-corrected chi connectivity index (χ3v) is 2.89. The smallest absolute Gasteiger partial charge is 1.00 e. The zero-order chi connectivity index (χ0) is 8.72. The summed E-state index contributed by atoms with van der Waals surface area (Å²) in [5.41, 5.74) is 0. The number of hydrogen-bond acceptors (Lipinski definition) is 3. The SMILES string of the molecule is O=C1C(=O)C2CCCCC2C1=O.[Cl-].[Cl-].[Cl-].[Fe+3]. The van der Waals surface area contributed by atoms with Crippen LogP contribution in [0.2, 0.25) is 0 Å². The van der Waals surface area contributed by atoms with Crippen molar-refractivity contribution >= 4 is 17.3 Å². The molecule has 2 fully saturated rings. The predicted molar refractivity (Wildman–Crippen MR) is 40.5 cm³/mol. The average Bonchev–Trinajstić information content (AvgIpc) is 2.33. The Kier molecular flexibility index (Phi) is 11.5. The zero-order valence-corrected chi connectivity index (χ0v) is 11.6. The Morgan fingerprint density at radius 1 is 0.750 bits per heavy atom. The van der Waals surface area contributed by atoms with Gasteiger partial charge in [0, 0.05) is 11.8 Å². The van der Waals surface area contributed by atoms with Gasteiger partial charge in [-0.2, -0.15) is 0 Å². The Morgan fingerprint density at radius 2 is 1.06 bits per heavy atom. The molecule has 0 amide bonds. The Bertz CT molecular complexity index is 257. The number of halogens is 3. The van der Waals surface area contributed by atoms with Crippen LogP contribution in [0.25, 0.3) is 0 Å². The van der Waals surface area contributed by atoms with Crippen molar-refractivity contribution in [2.24, 2.45) is 11.8 Å². The standard InChI is InChI=1S/C9H10O3.3ClH.Fe/c10-7-5-3-1-2-4-6(5)8(11)9(7)12;;;;/h5-6H,1-4H2;3*1H;/q;;;;+3/p-3. The van der Waals surface area contributed by atoms with Gasteiger partial charge in [0.1, 0.15) is 0 Å². The van der Waals surface area contributed by atoms with Gasteiger partial charge in [0.05, 0.1) is 0 Å². The van der Waals surface area contributed by atoms with Crippen LogP contribution in [0.1, 0.15) is 25.7 Å². The fourth-order valence-electron chi connectivity index (χ4n) is 2.22. The van der Waals surface area contributed by atoms with E-state index in [9.17, 15) is 14.4 Å². The molecule has 3 nitrogen and oxygen atoms in total.